The lowest BCUT2D eigenvalue weighted by Crippen LogP contribution is -2.36. The third-order valence-electron chi connectivity index (χ3n) is 1.90. The Labute approximate surface area is 103 Å². The SMILES string of the molecule is N[C@@H](COC(=O)Cl)C(=O)OCc1ccccc1. The monoisotopic (exact) mass is 257 g/mol. The van der Waals surface area contributed by atoms with Crippen LogP contribution in [0.5, 0.6) is 0 Å². The first-order valence-corrected chi connectivity index (χ1v) is 5.26. The summed E-state index contributed by atoms with van der Waals surface area (Å²) in [5.41, 5.74) is 5.27. The van der Waals surface area contributed by atoms with Gasteiger partial charge in [-0.05, 0) is 5.56 Å². The summed E-state index contributed by atoms with van der Waals surface area (Å²) in [5.74, 6) is -0.647. The molecule has 0 radical (unpaired) electrons. The molecule has 1 rings (SSSR count). The summed E-state index contributed by atoms with van der Waals surface area (Å²) < 4.78 is 9.30. The van der Waals surface area contributed by atoms with Crippen molar-refractivity contribution in [3.8, 4) is 0 Å². The van der Waals surface area contributed by atoms with E-state index in [0.717, 1.165) is 5.56 Å². The molecule has 0 spiro atoms. The van der Waals surface area contributed by atoms with Crippen LogP contribution < -0.4 is 5.73 Å². The van der Waals surface area contributed by atoms with Crippen molar-refractivity contribution in [2.45, 2.75) is 12.6 Å². The Kier molecular flexibility index (Phi) is 5.45. The van der Waals surface area contributed by atoms with Crippen LogP contribution in [0.3, 0.4) is 0 Å². The molecule has 0 aliphatic carbocycles. The first kappa shape index (κ1) is 13.5. The summed E-state index contributed by atoms with van der Waals surface area (Å²) in [7, 11) is 0. The number of rotatable bonds is 5. The molecule has 0 saturated heterocycles. The molecule has 6 heteroatoms. The maximum atomic E-state index is 11.3. The molecule has 5 nitrogen and oxygen atoms in total. The third-order valence-corrected chi connectivity index (χ3v) is 2.01. The molecule has 0 aliphatic rings. The maximum absolute atomic E-state index is 11.3. The lowest BCUT2D eigenvalue weighted by atomic mass is 10.2. The number of esters is 1. The zero-order valence-corrected chi connectivity index (χ0v) is 9.72. The van der Waals surface area contributed by atoms with E-state index < -0.39 is 17.4 Å². The molecular weight excluding hydrogens is 246 g/mol. The highest BCUT2D eigenvalue weighted by Crippen LogP contribution is 2.01. The zero-order valence-electron chi connectivity index (χ0n) is 8.97. The van der Waals surface area contributed by atoms with Crippen molar-refractivity contribution >= 4 is 23.0 Å². The van der Waals surface area contributed by atoms with Gasteiger partial charge in [0.05, 0.1) is 0 Å². The van der Waals surface area contributed by atoms with E-state index in [0.29, 0.717) is 0 Å². The minimum absolute atomic E-state index is 0.127. The van der Waals surface area contributed by atoms with E-state index in [2.05, 4.69) is 4.74 Å². The Hall–Kier alpha value is -1.59. The van der Waals surface area contributed by atoms with Crippen LogP contribution in [0.15, 0.2) is 30.3 Å². The van der Waals surface area contributed by atoms with E-state index in [9.17, 15) is 9.59 Å². The average Bonchev–Trinajstić information content (AvgIpc) is 2.34. The molecule has 1 atom stereocenters. The summed E-state index contributed by atoms with van der Waals surface area (Å²) in [6.45, 7) is -0.169. The fraction of sp³-hybridized carbons (Fsp3) is 0.273. The van der Waals surface area contributed by atoms with Crippen molar-refractivity contribution in [2.24, 2.45) is 5.73 Å². The Balaban J connectivity index is 2.32. The van der Waals surface area contributed by atoms with Gasteiger partial charge in [0.2, 0.25) is 0 Å². The van der Waals surface area contributed by atoms with E-state index in [1.54, 1.807) is 0 Å². The number of carbonyl (C=O) groups is 2. The van der Waals surface area contributed by atoms with Crippen LogP contribution in [0.1, 0.15) is 5.56 Å². The minimum Gasteiger partial charge on any atom is -0.460 e. The standard InChI is InChI=1S/C11H12ClNO4/c12-11(15)17-7-9(13)10(14)16-6-8-4-2-1-3-5-8/h1-5,9H,6-7,13H2/t9-/m0/s1. The average molecular weight is 258 g/mol. The molecule has 0 unspecified atom stereocenters. The van der Waals surface area contributed by atoms with E-state index in [4.69, 9.17) is 22.1 Å². The fourth-order valence-electron chi connectivity index (χ4n) is 1.06. The van der Waals surface area contributed by atoms with Crippen molar-refractivity contribution in [1.82, 2.24) is 0 Å². The summed E-state index contributed by atoms with van der Waals surface area (Å²) in [4.78, 5) is 21.6. The Morgan fingerprint density at radius 1 is 1.24 bits per heavy atom. The van der Waals surface area contributed by atoms with Gasteiger partial charge in [0.15, 0.2) is 0 Å². The molecule has 92 valence electrons. The highest BCUT2D eigenvalue weighted by atomic mass is 35.5. The highest BCUT2D eigenvalue weighted by Gasteiger charge is 2.16. The van der Waals surface area contributed by atoms with Crippen LogP contribution in [-0.4, -0.2) is 24.0 Å². The lowest BCUT2D eigenvalue weighted by molar-refractivity contribution is -0.147. The van der Waals surface area contributed by atoms with E-state index in [-0.39, 0.29) is 13.2 Å². The third kappa shape index (κ3) is 5.33. The largest absolute Gasteiger partial charge is 0.460 e. The molecule has 0 heterocycles. The van der Waals surface area contributed by atoms with Gasteiger partial charge in [0.1, 0.15) is 19.3 Å². The number of hydrogen-bond acceptors (Lipinski definition) is 5. The molecule has 2 N–H and O–H groups in total. The normalized spacial score (nSPS) is 11.6. The van der Waals surface area contributed by atoms with Crippen molar-refractivity contribution in [1.29, 1.82) is 0 Å². The van der Waals surface area contributed by atoms with Gasteiger partial charge < -0.3 is 15.2 Å². The molecule has 0 fully saturated rings. The van der Waals surface area contributed by atoms with Gasteiger partial charge in [0.25, 0.3) is 0 Å². The number of nitrogens with two attached hydrogens (primary N) is 1. The maximum Gasteiger partial charge on any atom is 0.403 e. The van der Waals surface area contributed by atoms with Crippen molar-refractivity contribution in [3.05, 3.63) is 35.9 Å². The molecule has 0 bridgehead atoms. The van der Waals surface area contributed by atoms with Gasteiger partial charge in [-0.1, -0.05) is 30.3 Å². The second-order valence-corrected chi connectivity index (χ2v) is 3.56. The summed E-state index contributed by atoms with van der Waals surface area (Å²) in [6, 6.07) is 8.13. The van der Waals surface area contributed by atoms with E-state index in [1.807, 2.05) is 30.3 Å². The van der Waals surface area contributed by atoms with Gasteiger partial charge in [-0.25, -0.2) is 4.79 Å². The Morgan fingerprint density at radius 3 is 2.47 bits per heavy atom. The molecule has 1 aromatic rings. The van der Waals surface area contributed by atoms with Crippen molar-refractivity contribution < 1.29 is 19.1 Å². The fourth-order valence-corrected chi connectivity index (χ4v) is 1.12. The summed E-state index contributed by atoms with van der Waals surface area (Å²) in [5, 5.41) is 0. The highest BCUT2D eigenvalue weighted by molar-refractivity contribution is 6.61. The number of hydrogen-bond donors (Lipinski definition) is 1. The van der Waals surface area contributed by atoms with Crippen LogP contribution in [0.2, 0.25) is 0 Å². The minimum atomic E-state index is -1.03. The van der Waals surface area contributed by atoms with Gasteiger partial charge in [-0.15, -0.1) is 0 Å². The molecule has 0 amide bonds. The summed E-state index contributed by atoms with van der Waals surface area (Å²) >= 11 is 4.93. The zero-order chi connectivity index (χ0) is 12.7. The second-order valence-electron chi connectivity index (χ2n) is 3.25. The number of carbonyl (C=O) groups excluding carboxylic acids is 2. The topological polar surface area (TPSA) is 78.6 Å². The van der Waals surface area contributed by atoms with Gasteiger partial charge in [-0.3, -0.25) is 4.79 Å². The summed E-state index contributed by atoms with van der Waals surface area (Å²) in [6.07, 6.45) is 0. The predicted octanol–water partition coefficient (Wildman–Crippen LogP) is 1.43. The van der Waals surface area contributed by atoms with Crippen LogP contribution in [0.25, 0.3) is 0 Å². The van der Waals surface area contributed by atoms with E-state index >= 15 is 0 Å². The quantitative estimate of drug-likeness (QED) is 0.638. The number of ether oxygens (including phenoxy) is 2. The van der Waals surface area contributed by atoms with Gasteiger partial charge in [0, 0.05) is 11.6 Å². The molecule has 17 heavy (non-hydrogen) atoms. The van der Waals surface area contributed by atoms with Crippen LogP contribution in [0.4, 0.5) is 4.79 Å². The molecule has 0 aliphatic heterocycles. The lowest BCUT2D eigenvalue weighted by Gasteiger charge is -2.10. The van der Waals surface area contributed by atoms with Gasteiger partial charge in [-0.2, -0.15) is 0 Å². The van der Waals surface area contributed by atoms with Gasteiger partial charge >= 0.3 is 11.4 Å². The first-order chi connectivity index (χ1) is 8.09. The Morgan fingerprint density at radius 2 is 1.88 bits per heavy atom. The van der Waals surface area contributed by atoms with Crippen molar-refractivity contribution in [3.63, 3.8) is 0 Å². The molecule has 1 aromatic carbocycles. The second kappa shape index (κ2) is 6.88. The van der Waals surface area contributed by atoms with E-state index in [1.165, 1.54) is 0 Å². The number of benzene rings is 1. The van der Waals surface area contributed by atoms with Crippen molar-refractivity contribution in [2.75, 3.05) is 6.61 Å². The van der Waals surface area contributed by atoms with Crippen LogP contribution in [0, 0.1) is 0 Å². The van der Waals surface area contributed by atoms with Crippen LogP contribution in [-0.2, 0) is 20.9 Å². The Bertz CT molecular complexity index is 382. The predicted molar refractivity (Wildman–Crippen MR) is 61.4 cm³/mol. The van der Waals surface area contributed by atoms with Crippen LogP contribution >= 0.6 is 11.6 Å². The first-order valence-electron chi connectivity index (χ1n) is 4.88. The molecule has 0 aromatic heterocycles. The number of halogens is 1. The molecule has 0 saturated carbocycles. The smallest absolute Gasteiger partial charge is 0.403 e. The molecular formula is C11H12ClNO4.